The highest BCUT2D eigenvalue weighted by atomic mass is 35.5. The molecule has 0 aliphatic heterocycles. The summed E-state index contributed by atoms with van der Waals surface area (Å²) in [6, 6.07) is 5.28. The van der Waals surface area contributed by atoms with Gasteiger partial charge in [-0.1, -0.05) is 11.6 Å². The zero-order valence-electron chi connectivity index (χ0n) is 11.6. The number of hydrogen-bond donors (Lipinski definition) is 2. The minimum Gasteiger partial charge on any atom is -0.451 e. The van der Waals surface area contributed by atoms with Gasteiger partial charge in [0.2, 0.25) is 0 Å². The van der Waals surface area contributed by atoms with E-state index >= 15 is 0 Å². The van der Waals surface area contributed by atoms with E-state index in [1.807, 2.05) is 20.8 Å². The molecule has 0 saturated carbocycles. The van der Waals surface area contributed by atoms with Crippen LogP contribution in [0.2, 0.25) is 5.02 Å². The van der Waals surface area contributed by atoms with Gasteiger partial charge in [-0.15, -0.1) is 12.4 Å². The lowest BCUT2D eigenvalue weighted by Crippen LogP contribution is -2.45. The molecule has 4 nitrogen and oxygen atoms in total. The van der Waals surface area contributed by atoms with Crippen molar-refractivity contribution < 1.29 is 9.21 Å². The van der Waals surface area contributed by atoms with Gasteiger partial charge >= 0.3 is 0 Å². The summed E-state index contributed by atoms with van der Waals surface area (Å²) in [6.45, 7) is 5.91. The van der Waals surface area contributed by atoms with E-state index < -0.39 is 5.54 Å². The molecule has 0 radical (unpaired) electrons. The molecule has 0 spiro atoms. The number of halogens is 2. The molecule has 6 heteroatoms. The molecule has 2 rings (SSSR count). The van der Waals surface area contributed by atoms with E-state index in [1.54, 1.807) is 18.2 Å². The van der Waals surface area contributed by atoms with Crippen LogP contribution in [0, 0.1) is 6.92 Å². The van der Waals surface area contributed by atoms with Crippen LogP contribution in [0.25, 0.3) is 11.0 Å². The smallest absolute Gasteiger partial charge is 0.287 e. The fourth-order valence-corrected chi connectivity index (χ4v) is 1.97. The number of nitrogens with two attached hydrogens (primary N) is 1. The maximum absolute atomic E-state index is 12.1. The first kappa shape index (κ1) is 16.8. The third-order valence-electron chi connectivity index (χ3n) is 2.81. The van der Waals surface area contributed by atoms with Crippen LogP contribution in [-0.2, 0) is 0 Å². The predicted octanol–water partition coefficient (Wildman–Crippen LogP) is 3.28. The minimum atomic E-state index is -0.459. The summed E-state index contributed by atoms with van der Waals surface area (Å²) in [7, 11) is 0. The van der Waals surface area contributed by atoms with Gasteiger partial charge < -0.3 is 15.5 Å². The lowest BCUT2D eigenvalue weighted by atomic mass is 10.1. The summed E-state index contributed by atoms with van der Waals surface area (Å²) >= 11 is 5.94. The zero-order valence-corrected chi connectivity index (χ0v) is 13.2. The Bertz CT molecular complexity index is 630. The number of aryl methyl sites for hydroxylation is 1. The molecule has 0 saturated heterocycles. The van der Waals surface area contributed by atoms with Gasteiger partial charge in [-0.3, -0.25) is 4.79 Å². The fraction of sp³-hybridized carbons (Fsp3) is 0.357. The van der Waals surface area contributed by atoms with Crippen molar-refractivity contribution in [2.24, 2.45) is 5.73 Å². The van der Waals surface area contributed by atoms with Crippen LogP contribution in [0.3, 0.4) is 0 Å². The standard InChI is InChI=1S/C14H17ClN2O2.ClH/c1-8-10-6-9(15)4-5-11(10)19-12(8)13(18)17-7-14(2,3)16;/h4-6H,7,16H2,1-3H3,(H,17,18);1H. The van der Waals surface area contributed by atoms with Crippen molar-refractivity contribution in [3.8, 4) is 0 Å². The van der Waals surface area contributed by atoms with E-state index in [1.165, 1.54) is 0 Å². The Balaban J connectivity index is 0.00000200. The Hall–Kier alpha value is -1.23. The van der Waals surface area contributed by atoms with Gasteiger partial charge in [0.25, 0.3) is 5.91 Å². The molecule has 1 aromatic heterocycles. The maximum atomic E-state index is 12.1. The molecule has 0 aliphatic carbocycles. The molecule has 1 heterocycles. The average Bonchev–Trinajstić information content (AvgIpc) is 2.63. The van der Waals surface area contributed by atoms with Crippen LogP contribution in [0.15, 0.2) is 22.6 Å². The van der Waals surface area contributed by atoms with Crippen LogP contribution in [0.5, 0.6) is 0 Å². The Labute approximate surface area is 129 Å². The number of amides is 1. The number of fused-ring (bicyclic) bond motifs is 1. The number of hydrogen-bond acceptors (Lipinski definition) is 3. The van der Waals surface area contributed by atoms with E-state index in [-0.39, 0.29) is 18.3 Å². The molecule has 0 aliphatic rings. The Morgan fingerprint density at radius 2 is 2.10 bits per heavy atom. The van der Waals surface area contributed by atoms with E-state index in [0.717, 1.165) is 10.9 Å². The highest BCUT2D eigenvalue weighted by molar-refractivity contribution is 6.31. The molecule has 0 unspecified atom stereocenters. The molecule has 1 amide bonds. The van der Waals surface area contributed by atoms with Crippen LogP contribution in [0.4, 0.5) is 0 Å². The van der Waals surface area contributed by atoms with Gasteiger partial charge in [-0.2, -0.15) is 0 Å². The molecule has 110 valence electrons. The number of carbonyl (C=O) groups excluding carboxylic acids is 1. The molecule has 0 atom stereocenters. The van der Waals surface area contributed by atoms with E-state index in [4.69, 9.17) is 21.8 Å². The second-order valence-electron chi connectivity index (χ2n) is 5.37. The third kappa shape index (κ3) is 3.66. The van der Waals surface area contributed by atoms with Crippen LogP contribution < -0.4 is 11.1 Å². The van der Waals surface area contributed by atoms with Crippen LogP contribution in [0.1, 0.15) is 30.0 Å². The Morgan fingerprint density at radius 3 is 2.70 bits per heavy atom. The van der Waals surface area contributed by atoms with Crippen LogP contribution in [-0.4, -0.2) is 18.0 Å². The van der Waals surface area contributed by atoms with Crippen molar-refractivity contribution in [2.45, 2.75) is 26.3 Å². The van der Waals surface area contributed by atoms with Crippen LogP contribution >= 0.6 is 24.0 Å². The first-order valence-corrected chi connectivity index (χ1v) is 6.41. The molecular weight excluding hydrogens is 299 g/mol. The lowest BCUT2D eigenvalue weighted by Gasteiger charge is -2.18. The molecule has 3 N–H and O–H groups in total. The monoisotopic (exact) mass is 316 g/mol. The van der Waals surface area contributed by atoms with Gasteiger partial charge in [-0.25, -0.2) is 0 Å². The van der Waals surface area contributed by atoms with E-state index in [9.17, 15) is 4.79 Å². The summed E-state index contributed by atoms with van der Waals surface area (Å²) in [5.74, 6) is 0.0462. The van der Waals surface area contributed by atoms with Gasteiger partial charge in [0, 0.05) is 28.1 Å². The quantitative estimate of drug-likeness (QED) is 0.913. The summed E-state index contributed by atoms with van der Waals surface area (Å²) in [6.07, 6.45) is 0. The van der Waals surface area contributed by atoms with Gasteiger partial charge in [0.1, 0.15) is 5.58 Å². The molecule has 2 aromatic rings. The molecular formula is C14H18Cl2N2O2. The van der Waals surface area contributed by atoms with Crippen molar-refractivity contribution in [3.05, 3.63) is 34.5 Å². The first-order chi connectivity index (χ1) is 8.78. The number of carbonyl (C=O) groups is 1. The maximum Gasteiger partial charge on any atom is 0.287 e. The van der Waals surface area contributed by atoms with Crippen molar-refractivity contribution in [1.82, 2.24) is 5.32 Å². The van der Waals surface area contributed by atoms with Crippen molar-refractivity contribution in [2.75, 3.05) is 6.54 Å². The minimum absolute atomic E-state index is 0. The number of rotatable bonds is 3. The number of benzene rings is 1. The second-order valence-corrected chi connectivity index (χ2v) is 5.80. The lowest BCUT2D eigenvalue weighted by molar-refractivity contribution is 0.0919. The molecule has 1 aromatic carbocycles. The summed E-state index contributed by atoms with van der Waals surface area (Å²) in [5.41, 5.74) is 6.81. The van der Waals surface area contributed by atoms with Crippen molar-refractivity contribution >= 4 is 40.9 Å². The van der Waals surface area contributed by atoms with E-state index in [2.05, 4.69) is 5.32 Å². The Morgan fingerprint density at radius 1 is 1.45 bits per heavy atom. The van der Waals surface area contributed by atoms with Gasteiger partial charge in [0.15, 0.2) is 5.76 Å². The van der Waals surface area contributed by atoms with Crippen molar-refractivity contribution in [1.29, 1.82) is 0 Å². The highest BCUT2D eigenvalue weighted by Crippen LogP contribution is 2.27. The zero-order chi connectivity index (χ0) is 14.2. The third-order valence-corrected chi connectivity index (χ3v) is 3.04. The Kier molecular flexibility index (Phi) is 5.08. The molecule has 0 fully saturated rings. The number of furan rings is 1. The summed E-state index contributed by atoms with van der Waals surface area (Å²) in [4.78, 5) is 12.1. The SMILES string of the molecule is Cc1c(C(=O)NCC(C)(C)N)oc2ccc(Cl)cc12.Cl. The predicted molar refractivity (Wildman–Crippen MR) is 83.8 cm³/mol. The molecule has 0 bridgehead atoms. The highest BCUT2D eigenvalue weighted by Gasteiger charge is 2.19. The van der Waals surface area contributed by atoms with E-state index in [0.29, 0.717) is 22.9 Å². The summed E-state index contributed by atoms with van der Waals surface area (Å²) in [5, 5.41) is 4.23. The molecule has 20 heavy (non-hydrogen) atoms. The van der Waals surface area contributed by atoms with Gasteiger partial charge in [-0.05, 0) is 39.0 Å². The fourth-order valence-electron chi connectivity index (χ4n) is 1.80. The average molecular weight is 317 g/mol. The normalized spacial score (nSPS) is 11.2. The first-order valence-electron chi connectivity index (χ1n) is 6.04. The number of nitrogens with one attached hydrogen (secondary N) is 1. The topological polar surface area (TPSA) is 68.3 Å². The van der Waals surface area contributed by atoms with Crippen molar-refractivity contribution in [3.63, 3.8) is 0 Å². The second kappa shape index (κ2) is 6.04. The largest absolute Gasteiger partial charge is 0.451 e. The summed E-state index contributed by atoms with van der Waals surface area (Å²) < 4.78 is 5.57. The van der Waals surface area contributed by atoms with Gasteiger partial charge in [0.05, 0.1) is 0 Å².